The molecule has 0 saturated heterocycles. The van der Waals surface area contributed by atoms with Gasteiger partial charge in [0.15, 0.2) is 0 Å². The Morgan fingerprint density at radius 3 is 0.741 bits per heavy atom. The summed E-state index contributed by atoms with van der Waals surface area (Å²) in [5, 5.41) is 0. The van der Waals surface area contributed by atoms with Gasteiger partial charge >= 0.3 is 0 Å². The van der Waals surface area contributed by atoms with Crippen LogP contribution in [0.4, 0.5) is 0 Å². The van der Waals surface area contributed by atoms with Gasteiger partial charge in [0.25, 0.3) is 0 Å². The van der Waals surface area contributed by atoms with Gasteiger partial charge in [-0.1, -0.05) is 21.8 Å². The van der Waals surface area contributed by atoms with Crippen LogP contribution in [0.15, 0.2) is 0 Å². The second-order valence-corrected chi connectivity index (χ2v) is 6.38. The topological polar surface area (TPSA) is 64.6 Å². The molecule has 0 aromatic rings. The van der Waals surface area contributed by atoms with E-state index in [9.17, 15) is 0 Å². The van der Waals surface area contributed by atoms with Crippen molar-refractivity contribution in [1.29, 1.82) is 0 Å². The van der Waals surface area contributed by atoms with Gasteiger partial charge in [-0.05, 0) is 6.42 Å². The second kappa shape index (κ2) is 22.0. The fourth-order valence-electron chi connectivity index (χ4n) is 2.82. The Hall–Kier alpha value is -0.280. The van der Waals surface area contributed by atoms with Gasteiger partial charge in [0.2, 0.25) is 0 Å². The molecule has 0 aromatic heterocycles. The van der Waals surface area contributed by atoms with E-state index in [2.05, 4.69) is 6.92 Å². The maximum Gasteiger partial charge on any atom is 0.0637 e. The minimum absolute atomic E-state index is 0. The molecule has 0 unspecified atom stereocenters. The summed E-state index contributed by atoms with van der Waals surface area (Å²) in [4.78, 5) is 0. The quantitative estimate of drug-likeness (QED) is 0.418. The predicted octanol–water partition coefficient (Wildman–Crippen LogP) is 3.15. The fraction of sp³-hybridized carbons (Fsp3) is 1.00. The Kier molecular flexibility index (Phi) is 27.9. The van der Waals surface area contributed by atoms with Crippen LogP contribution in [0, 0.1) is 10.8 Å². The van der Waals surface area contributed by atoms with Crippen molar-refractivity contribution in [1.82, 2.24) is 0 Å². The zero-order valence-corrected chi connectivity index (χ0v) is 17.5. The van der Waals surface area contributed by atoms with Gasteiger partial charge < -0.3 is 33.2 Å². The Balaban J connectivity index is -0.000000183. The van der Waals surface area contributed by atoms with Crippen LogP contribution >= 0.6 is 0 Å². The molecule has 170 valence electrons. The normalized spacial score (nSPS) is 11.1. The molecule has 0 spiro atoms. The van der Waals surface area contributed by atoms with Gasteiger partial charge in [0.05, 0.1) is 51.7 Å². The summed E-state index contributed by atoms with van der Waals surface area (Å²) in [5.74, 6) is 0. The Morgan fingerprint density at radius 2 is 0.593 bits per heavy atom. The van der Waals surface area contributed by atoms with E-state index in [-0.39, 0.29) is 25.7 Å². The second-order valence-electron chi connectivity index (χ2n) is 6.38. The average Bonchev–Trinajstić information content (AvgIpc) is 2.57. The molecule has 0 aliphatic carbocycles. The van der Waals surface area contributed by atoms with Crippen LogP contribution in [0.25, 0.3) is 0 Å². The standard InChI is InChI=1S/C9H20O4.C9H20O3.2CH4/c1-10-5-9(6-11-2,7-12-3)8-13-4;1-5-9(6-10-2,7-11-3)8-12-4;;/h5-8H2,1-4H3;5-8H2,1-4H3;2*1H4. The molecule has 0 fully saturated rings. The molecule has 0 aromatic carbocycles. The Morgan fingerprint density at radius 1 is 0.407 bits per heavy atom. The molecule has 27 heavy (non-hydrogen) atoms. The Bertz CT molecular complexity index is 229. The number of hydrogen-bond donors (Lipinski definition) is 0. The van der Waals surface area contributed by atoms with Gasteiger partial charge in [-0.15, -0.1) is 0 Å². The molecule has 7 nitrogen and oxygen atoms in total. The van der Waals surface area contributed by atoms with Crippen molar-refractivity contribution in [2.45, 2.75) is 28.2 Å². The van der Waals surface area contributed by atoms with Crippen molar-refractivity contribution in [3.8, 4) is 0 Å². The van der Waals surface area contributed by atoms with Gasteiger partial charge in [-0.25, -0.2) is 0 Å². The average molecular weight is 401 g/mol. The van der Waals surface area contributed by atoms with Crippen molar-refractivity contribution in [2.75, 3.05) is 96.0 Å². The summed E-state index contributed by atoms with van der Waals surface area (Å²) < 4.78 is 35.9. The highest BCUT2D eigenvalue weighted by atomic mass is 16.5. The number of rotatable bonds is 15. The fourth-order valence-corrected chi connectivity index (χ4v) is 2.82. The first kappa shape index (κ1) is 34.2. The van der Waals surface area contributed by atoms with Crippen LogP contribution in [0.5, 0.6) is 0 Å². The van der Waals surface area contributed by atoms with Crippen molar-refractivity contribution in [3.63, 3.8) is 0 Å². The first-order valence-electron chi connectivity index (χ1n) is 8.41. The minimum atomic E-state index is -0.188. The van der Waals surface area contributed by atoms with Gasteiger partial charge in [-0.3, -0.25) is 0 Å². The molecule has 0 rings (SSSR count). The van der Waals surface area contributed by atoms with Crippen molar-refractivity contribution in [3.05, 3.63) is 0 Å². The predicted molar refractivity (Wildman–Crippen MR) is 112 cm³/mol. The Labute approximate surface area is 168 Å². The van der Waals surface area contributed by atoms with E-state index in [4.69, 9.17) is 33.2 Å². The number of methoxy groups -OCH3 is 7. The first-order valence-corrected chi connectivity index (χ1v) is 8.41. The zero-order chi connectivity index (χ0) is 19.6. The highest BCUT2D eigenvalue weighted by Crippen LogP contribution is 2.23. The lowest BCUT2D eigenvalue weighted by atomic mass is 9.88. The summed E-state index contributed by atoms with van der Waals surface area (Å²) in [5.41, 5.74) is -0.161. The number of hydrogen-bond acceptors (Lipinski definition) is 7. The van der Waals surface area contributed by atoms with Crippen molar-refractivity contribution >= 4 is 0 Å². The lowest BCUT2D eigenvalue weighted by Gasteiger charge is -2.30. The largest absolute Gasteiger partial charge is 0.384 e. The summed E-state index contributed by atoms with van der Waals surface area (Å²) in [7, 11) is 11.8. The first-order chi connectivity index (χ1) is 12.0. The highest BCUT2D eigenvalue weighted by Gasteiger charge is 2.30. The van der Waals surface area contributed by atoms with E-state index < -0.39 is 0 Å². The van der Waals surface area contributed by atoms with Gasteiger partial charge in [-0.2, -0.15) is 0 Å². The maximum absolute atomic E-state index is 5.14. The maximum atomic E-state index is 5.14. The van der Waals surface area contributed by atoms with E-state index in [0.29, 0.717) is 46.2 Å². The molecule has 0 aliphatic heterocycles. The van der Waals surface area contributed by atoms with Crippen molar-refractivity contribution < 1.29 is 33.2 Å². The monoisotopic (exact) mass is 400 g/mol. The summed E-state index contributed by atoms with van der Waals surface area (Å²) in [6.45, 7) is 6.47. The molecule has 0 N–H and O–H groups in total. The van der Waals surface area contributed by atoms with Gasteiger partial charge in [0.1, 0.15) is 0 Å². The molecule has 0 radical (unpaired) electrons. The zero-order valence-electron chi connectivity index (χ0n) is 17.5. The van der Waals surface area contributed by atoms with E-state index >= 15 is 0 Å². The van der Waals surface area contributed by atoms with E-state index in [0.717, 1.165) is 6.42 Å². The molecule has 7 heteroatoms. The van der Waals surface area contributed by atoms with Crippen LogP contribution in [0.2, 0.25) is 0 Å². The van der Waals surface area contributed by atoms with E-state index in [1.807, 2.05) is 0 Å². The third-order valence-electron chi connectivity index (χ3n) is 3.90. The molecule has 0 atom stereocenters. The molecule has 0 bridgehead atoms. The van der Waals surface area contributed by atoms with Crippen LogP contribution in [-0.4, -0.2) is 96.0 Å². The summed E-state index contributed by atoms with van der Waals surface area (Å²) >= 11 is 0. The lowest BCUT2D eigenvalue weighted by molar-refractivity contribution is -0.0760. The van der Waals surface area contributed by atoms with Crippen LogP contribution in [-0.2, 0) is 33.2 Å². The van der Waals surface area contributed by atoms with E-state index in [1.165, 1.54) is 0 Å². The SMILES string of the molecule is C.C.CCC(COC)(COC)COC.COCC(COC)(COC)COC. The number of ether oxygens (including phenoxy) is 7. The molecule has 0 aliphatic rings. The molecule has 0 amide bonds. The lowest BCUT2D eigenvalue weighted by Crippen LogP contribution is -2.40. The summed E-state index contributed by atoms with van der Waals surface area (Å²) in [6, 6.07) is 0. The minimum Gasteiger partial charge on any atom is -0.384 e. The molecule has 0 heterocycles. The van der Waals surface area contributed by atoms with Crippen LogP contribution in [0.3, 0.4) is 0 Å². The van der Waals surface area contributed by atoms with E-state index in [1.54, 1.807) is 49.8 Å². The third-order valence-corrected chi connectivity index (χ3v) is 3.90. The third kappa shape index (κ3) is 15.3. The van der Waals surface area contributed by atoms with Crippen molar-refractivity contribution in [2.24, 2.45) is 10.8 Å². The molecular weight excluding hydrogens is 352 g/mol. The molecular formula is C20H48O7. The smallest absolute Gasteiger partial charge is 0.0637 e. The van der Waals surface area contributed by atoms with Gasteiger partial charge in [0, 0.05) is 55.2 Å². The van der Waals surface area contributed by atoms with Crippen LogP contribution < -0.4 is 0 Å². The molecule has 0 saturated carbocycles. The summed E-state index contributed by atoms with van der Waals surface area (Å²) in [6.07, 6.45) is 1.00. The highest BCUT2D eigenvalue weighted by molar-refractivity contribution is 4.78. The van der Waals surface area contributed by atoms with Crippen LogP contribution in [0.1, 0.15) is 28.2 Å².